The lowest BCUT2D eigenvalue weighted by molar-refractivity contribution is -0.608. The lowest BCUT2D eigenvalue weighted by Crippen LogP contribution is -2.34. The van der Waals surface area contributed by atoms with Crippen LogP contribution in [-0.4, -0.2) is 11.1 Å². The van der Waals surface area contributed by atoms with Gasteiger partial charge in [-0.05, 0) is 18.9 Å². The number of unbranched alkanes of at least 4 members (excludes halogenated alkanes) is 5. The number of aromatic nitrogens is 1. The minimum absolute atomic E-state index is 0.221. The molecular formula is C14H21NO3. The largest absolute Gasteiger partial charge is 0.618 e. The van der Waals surface area contributed by atoms with Crippen LogP contribution in [0.1, 0.15) is 61.5 Å². The van der Waals surface area contributed by atoms with Gasteiger partial charge in [-0.15, -0.1) is 0 Å². The molecule has 100 valence electrons. The maximum absolute atomic E-state index is 11.4. The first kappa shape index (κ1) is 14.5. The minimum atomic E-state index is -1.18. The molecule has 1 heterocycles. The molecule has 18 heavy (non-hydrogen) atoms. The zero-order chi connectivity index (χ0) is 13.4. The maximum atomic E-state index is 11.4. The van der Waals surface area contributed by atoms with Crippen LogP contribution in [0.5, 0.6) is 0 Å². The smallest absolute Gasteiger partial charge is 0.402 e. The van der Waals surface area contributed by atoms with Gasteiger partial charge in [0.25, 0.3) is 0 Å². The number of rotatable bonds is 8. The van der Waals surface area contributed by atoms with Crippen LogP contribution in [-0.2, 0) is 6.42 Å². The molecule has 4 heteroatoms. The molecular weight excluding hydrogens is 230 g/mol. The number of carboxylic acids is 1. The molecule has 0 saturated heterocycles. The fraction of sp³-hybridized carbons (Fsp3) is 0.571. The Bertz CT molecular complexity index is 391. The highest BCUT2D eigenvalue weighted by Crippen LogP contribution is 2.09. The Labute approximate surface area is 108 Å². The van der Waals surface area contributed by atoms with E-state index in [1.54, 1.807) is 6.07 Å². The SMILES string of the molecule is CCCCCCCCc1ccc(C(=O)O)[n+]([O-])c1. The Morgan fingerprint density at radius 2 is 1.89 bits per heavy atom. The van der Waals surface area contributed by atoms with Gasteiger partial charge in [-0.25, -0.2) is 4.79 Å². The molecule has 0 aliphatic rings. The third-order valence-electron chi connectivity index (χ3n) is 3.01. The fourth-order valence-corrected chi connectivity index (χ4v) is 1.95. The van der Waals surface area contributed by atoms with E-state index in [0.29, 0.717) is 4.73 Å². The molecule has 4 nitrogen and oxygen atoms in total. The van der Waals surface area contributed by atoms with E-state index in [4.69, 9.17) is 5.11 Å². The van der Waals surface area contributed by atoms with E-state index in [0.717, 1.165) is 18.4 Å². The Hall–Kier alpha value is -1.58. The number of aryl methyl sites for hydroxylation is 1. The summed E-state index contributed by atoms with van der Waals surface area (Å²) in [4.78, 5) is 10.7. The molecule has 0 aromatic carbocycles. The van der Waals surface area contributed by atoms with Crippen molar-refractivity contribution in [1.82, 2.24) is 0 Å². The second kappa shape index (κ2) is 7.69. The summed E-state index contributed by atoms with van der Waals surface area (Å²) in [6.45, 7) is 2.19. The highest BCUT2D eigenvalue weighted by molar-refractivity contribution is 5.83. The zero-order valence-corrected chi connectivity index (χ0v) is 10.9. The van der Waals surface area contributed by atoms with E-state index >= 15 is 0 Å². The van der Waals surface area contributed by atoms with Crippen LogP contribution in [0.25, 0.3) is 0 Å². The highest BCUT2D eigenvalue weighted by atomic mass is 16.5. The van der Waals surface area contributed by atoms with Crippen LogP contribution in [0.15, 0.2) is 18.3 Å². The van der Waals surface area contributed by atoms with Gasteiger partial charge in [0, 0.05) is 11.6 Å². The predicted molar refractivity (Wildman–Crippen MR) is 69.4 cm³/mol. The van der Waals surface area contributed by atoms with Crippen LogP contribution >= 0.6 is 0 Å². The van der Waals surface area contributed by atoms with Crippen LogP contribution in [0.2, 0.25) is 0 Å². The Morgan fingerprint density at radius 1 is 1.22 bits per heavy atom. The zero-order valence-electron chi connectivity index (χ0n) is 10.9. The summed E-state index contributed by atoms with van der Waals surface area (Å²) in [7, 11) is 0. The molecule has 0 spiro atoms. The lowest BCUT2D eigenvalue weighted by Gasteiger charge is -2.04. The molecule has 0 amide bonds. The molecule has 0 fully saturated rings. The Kier molecular flexibility index (Phi) is 6.19. The van der Waals surface area contributed by atoms with Gasteiger partial charge in [0.1, 0.15) is 0 Å². The monoisotopic (exact) mass is 251 g/mol. The van der Waals surface area contributed by atoms with E-state index in [2.05, 4.69) is 6.92 Å². The summed E-state index contributed by atoms with van der Waals surface area (Å²) in [5, 5.41) is 20.1. The molecule has 1 rings (SSSR count). The normalized spacial score (nSPS) is 10.5. The number of pyridine rings is 1. The molecule has 0 unspecified atom stereocenters. The molecule has 0 radical (unpaired) electrons. The third-order valence-corrected chi connectivity index (χ3v) is 3.01. The van der Waals surface area contributed by atoms with Crippen molar-refractivity contribution in [2.24, 2.45) is 0 Å². The summed E-state index contributed by atoms with van der Waals surface area (Å²) >= 11 is 0. The van der Waals surface area contributed by atoms with E-state index in [-0.39, 0.29) is 5.69 Å². The van der Waals surface area contributed by atoms with Crippen molar-refractivity contribution in [1.29, 1.82) is 0 Å². The number of carbonyl (C=O) groups is 1. The Morgan fingerprint density at radius 3 is 2.50 bits per heavy atom. The van der Waals surface area contributed by atoms with Crippen molar-refractivity contribution in [3.05, 3.63) is 34.8 Å². The molecule has 0 saturated carbocycles. The molecule has 1 N–H and O–H groups in total. The van der Waals surface area contributed by atoms with Gasteiger partial charge >= 0.3 is 11.7 Å². The van der Waals surface area contributed by atoms with Gasteiger partial charge in [0.2, 0.25) is 0 Å². The first-order valence-corrected chi connectivity index (χ1v) is 6.60. The summed E-state index contributed by atoms with van der Waals surface area (Å²) in [5.74, 6) is -1.18. The van der Waals surface area contributed by atoms with Crippen molar-refractivity contribution < 1.29 is 14.6 Å². The van der Waals surface area contributed by atoms with E-state index in [1.807, 2.05) is 0 Å². The number of nitrogens with zero attached hydrogens (tertiary/aromatic N) is 1. The number of carboxylic acid groups (broad SMARTS) is 1. The van der Waals surface area contributed by atoms with Gasteiger partial charge < -0.3 is 10.3 Å². The van der Waals surface area contributed by atoms with E-state index in [1.165, 1.54) is 44.4 Å². The highest BCUT2D eigenvalue weighted by Gasteiger charge is 2.14. The lowest BCUT2D eigenvalue weighted by atomic mass is 10.1. The second-order valence-electron chi connectivity index (χ2n) is 4.57. The number of hydrogen-bond donors (Lipinski definition) is 1. The van der Waals surface area contributed by atoms with Crippen molar-refractivity contribution in [3.63, 3.8) is 0 Å². The van der Waals surface area contributed by atoms with Crippen LogP contribution in [0, 0.1) is 5.21 Å². The van der Waals surface area contributed by atoms with Crippen molar-refractivity contribution in [3.8, 4) is 0 Å². The summed E-state index contributed by atoms with van der Waals surface area (Å²) in [6.07, 6.45) is 9.47. The van der Waals surface area contributed by atoms with Crippen LogP contribution in [0.4, 0.5) is 0 Å². The van der Waals surface area contributed by atoms with Gasteiger partial charge in [-0.1, -0.05) is 39.0 Å². The predicted octanol–water partition coefficient (Wildman–Crippen LogP) is 2.92. The summed E-state index contributed by atoms with van der Waals surface area (Å²) in [5.41, 5.74) is 0.687. The van der Waals surface area contributed by atoms with Crippen LogP contribution < -0.4 is 4.73 Å². The number of aromatic carboxylic acids is 1. The quantitative estimate of drug-likeness (QED) is 0.439. The van der Waals surface area contributed by atoms with Crippen molar-refractivity contribution in [2.45, 2.75) is 51.9 Å². The summed E-state index contributed by atoms with van der Waals surface area (Å²) in [6, 6.07) is 3.10. The standard InChI is InChI=1S/C14H21NO3/c1-2-3-4-5-6-7-8-12-9-10-13(14(16)17)15(18)11-12/h9-11H,2-8H2,1H3,(H,16,17). The molecule has 1 aromatic rings. The van der Waals surface area contributed by atoms with Crippen molar-refractivity contribution >= 4 is 5.97 Å². The van der Waals surface area contributed by atoms with Gasteiger partial charge in [0.15, 0.2) is 6.20 Å². The average Bonchev–Trinajstić information content (AvgIpc) is 2.33. The first-order chi connectivity index (χ1) is 8.65. The third kappa shape index (κ3) is 4.73. The first-order valence-electron chi connectivity index (χ1n) is 6.60. The topological polar surface area (TPSA) is 64.2 Å². The van der Waals surface area contributed by atoms with Gasteiger partial charge in [-0.2, -0.15) is 4.73 Å². The molecule has 0 aliphatic carbocycles. The van der Waals surface area contributed by atoms with Gasteiger partial charge in [0.05, 0.1) is 0 Å². The maximum Gasteiger partial charge on any atom is 0.402 e. The molecule has 0 atom stereocenters. The molecule has 1 aromatic heterocycles. The molecule has 0 aliphatic heterocycles. The average molecular weight is 251 g/mol. The fourth-order valence-electron chi connectivity index (χ4n) is 1.95. The van der Waals surface area contributed by atoms with Crippen molar-refractivity contribution in [2.75, 3.05) is 0 Å². The van der Waals surface area contributed by atoms with E-state index < -0.39 is 5.97 Å². The van der Waals surface area contributed by atoms with E-state index in [9.17, 15) is 10.0 Å². The Balaban J connectivity index is 2.35. The van der Waals surface area contributed by atoms with Crippen LogP contribution in [0.3, 0.4) is 0 Å². The number of hydrogen-bond acceptors (Lipinski definition) is 2. The molecule has 0 bridgehead atoms. The van der Waals surface area contributed by atoms with Gasteiger partial charge in [-0.3, -0.25) is 0 Å². The minimum Gasteiger partial charge on any atom is -0.618 e. The second-order valence-corrected chi connectivity index (χ2v) is 4.57. The summed E-state index contributed by atoms with van der Waals surface area (Å²) < 4.78 is 0.439.